The van der Waals surface area contributed by atoms with Gasteiger partial charge in [-0.25, -0.2) is 4.39 Å². The Balaban J connectivity index is 1.50. The molecule has 5 nitrogen and oxygen atoms in total. The second-order valence-electron chi connectivity index (χ2n) is 7.53. The molecule has 152 valence electrons. The van der Waals surface area contributed by atoms with Crippen LogP contribution in [0.5, 0.6) is 0 Å². The van der Waals surface area contributed by atoms with Crippen LogP contribution in [0.2, 0.25) is 10.0 Å². The summed E-state index contributed by atoms with van der Waals surface area (Å²) in [5.41, 5.74) is 4.12. The molecule has 1 aliphatic rings. The van der Waals surface area contributed by atoms with E-state index >= 15 is 0 Å². The van der Waals surface area contributed by atoms with E-state index in [0.717, 1.165) is 27.6 Å². The maximum atomic E-state index is 13.7. The lowest BCUT2D eigenvalue weighted by Gasteiger charge is -2.14. The van der Waals surface area contributed by atoms with Crippen molar-refractivity contribution in [3.05, 3.63) is 97.1 Å². The molecule has 2 aromatic heterocycles. The largest absolute Gasteiger partial charge is 0.290 e. The number of nitrogens with zero attached hydrogens (tertiary/aromatic N) is 3. The molecular weight excluding hydrogens is 426 g/mol. The van der Waals surface area contributed by atoms with Gasteiger partial charge in [-0.1, -0.05) is 35.3 Å². The van der Waals surface area contributed by atoms with Crippen molar-refractivity contribution in [2.24, 2.45) is 0 Å². The highest BCUT2D eigenvalue weighted by Gasteiger charge is 2.27. The summed E-state index contributed by atoms with van der Waals surface area (Å²) in [4.78, 5) is 15.4. The normalized spacial score (nSPS) is 13.8. The third-order valence-electron chi connectivity index (χ3n) is 5.43. The first-order valence-corrected chi connectivity index (χ1v) is 10.2. The lowest BCUT2D eigenvalue weighted by molar-refractivity contribution is 0.275. The summed E-state index contributed by atoms with van der Waals surface area (Å²) in [6.45, 7) is 2.00. The van der Waals surface area contributed by atoms with Crippen LogP contribution >= 0.6 is 23.2 Å². The molecule has 1 aliphatic heterocycles. The molecule has 0 bridgehead atoms. The number of pyridine rings is 1. The van der Waals surface area contributed by atoms with Gasteiger partial charge in [0.1, 0.15) is 11.5 Å². The molecule has 5 rings (SSSR count). The van der Waals surface area contributed by atoms with E-state index in [2.05, 4.69) is 15.1 Å². The van der Waals surface area contributed by atoms with Gasteiger partial charge in [0.15, 0.2) is 0 Å². The molecule has 0 saturated heterocycles. The molecular formula is C22H17Cl2FN4O. The predicted molar refractivity (Wildman–Crippen MR) is 115 cm³/mol. The van der Waals surface area contributed by atoms with Crippen LogP contribution in [-0.4, -0.2) is 19.7 Å². The Labute approximate surface area is 181 Å². The summed E-state index contributed by atoms with van der Waals surface area (Å²) in [6.07, 6.45) is 1.76. The van der Waals surface area contributed by atoms with Crippen molar-refractivity contribution in [1.29, 1.82) is 0 Å². The Kier molecular flexibility index (Phi) is 4.85. The van der Waals surface area contributed by atoms with E-state index in [1.807, 2.05) is 24.3 Å². The van der Waals surface area contributed by atoms with Gasteiger partial charge >= 0.3 is 0 Å². The zero-order valence-corrected chi connectivity index (χ0v) is 17.3. The molecule has 0 spiro atoms. The third-order valence-corrected chi connectivity index (χ3v) is 5.90. The number of hydrogen-bond acceptors (Lipinski definition) is 3. The minimum atomic E-state index is -0.364. The smallest absolute Gasteiger partial charge is 0.257 e. The number of aromatic amines is 1. The lowest BCUT2D eigenvalue weighted by atomic mass is 10.1. The highest BCUT2D eigenvalue weighted by Crippen LogP contribution is 2.29. The van der Waals surface area contributed by atoms with Gasteiger partial charge in [0.05, 0.1) is 12.7 Å². The summed E-state index contributed by atoms with van der Waals surface area (Å²) >= 11 is 12.0. The van der Waals surface area contributed by atoms with Crippen LogP contribution < -0.4 is 5.56 Å². The zero-order valence-electron chi connectivity index (χ0n) is 15.8. The van der Waals surface area contributed by atoms with Crippen molar-refractivity contribution in [3.63, 3.8) is 0 Å². The molecule has 0 amide bonds. The Morgan fingerprint density at radius 1 is 0.967 bits per heavy atom. The molecule has 4 aromatic rings. The Morgan fingerprint density at radius 2 is 1.73 bits per heavy atom. The molecule has 0 radical (unpaired) electrons. The van der Waals surface area contributed by atoms with E-state index < -0.39 is 0 Å². The molecule has 1 N–H and O–H groups in total. The van der Waals surface area contributed by atoms with Gasteiger partial charge < -0.3 is 0 Å². The maximum absolute atomic E-state index is 13.7. The minimum Gasteiger partial charge on any atom is -0.290 e. The number of hydrogen-bond donors (Lipinski definition) is 1. The van der Waals surface area contributed by atoms with E-state index in [-0.39, 0.29) is 11.4 Å². The molecule has 3 heterocycles. The van der Waals surface area contributed by atoms with E-state index in [0.29, 0.717) is 41.9 Å². The molecule has 0 fully saturated rings. The van der Waals surface area contributed by atoms with Gasteiger partial charge in [-0.2, -0.15) is 5.10 Å². The Hall–Kier alpha value is -2.67. The first-order chi connectivity index (χ1) is 14.5. The topological polar surface area (TPSA) is 53.9 Å². The van der Waals surface area contributed by atoms with Crippen LogP contribution in [0.25, 0.3) is 11.0 Å². The number of aromatic nitrogens is 3. The van der Waals surface area contributed by atoms with Gasteiger partial charge in [0.2, 0.25) is 0 Å². The maximum Gasteiger partial charge on any atom is 0.257 e. The van der Waals surface area contributed by atoms with Crippen LogP contribution in [0.3, 0.4) is 0 Å². The molecule has 30 heavy (non-hydrogen) atoms. The van der Waals surface area contributed by atoms with Crippen molar-refractivity contribution < 1.29 is 4.39 Å². The van der Waals surface area contributed by atoms with Gasteiger partial charge in [0.25, 0.3) is 5.56 Å². The molecule has 8 heteroatoms. The summed E-state index contributed by atoms with van der Waals surface area (Å²) in [5.74, 6) is -0.364. The van der Waals surface area contributed by atoms with E-state index in [4.69, 9.17) is 23.2 Å². The summed E-state index contributed by atoms with van der Waals surface area (Å²) in [5, 5.41) is 9.09. The quantitative estimate of drug-likeness (QED) is 0.496. The van der Waals surface area contributed by atoms with Gasteiger partial charge in [-0.3, -0.25) is 19.4 Å². The average molecular weight is 443 g/mol. The van der Waals surface area contributed by atoms with Gasteiger partial charge in [-0.15, -0.1) is 0 Å². The molecule has 2 aromatic carbocycles. The fraction of sp³-hybridized carbons (Fsp3) is 0.182. The van der Waals surface area contributed by atoms with E-state index in [9.17, 15) is 9.18 Å². The predicted octanol–water partition coefficient (Wildman–Crippen LogP) is 4.73. The van der Waals surface area contributed by atoms with Crippen LogP contribution in [0.15, 0.2) is 53.5 Å². The summed E-state index contributed by atoms with van der Waals surface area (Å²) in [6, 6.07) is 11.9. The molecule has 0 unspecified atom stereocenters. The van der Waals surface area contributed by atoms with Gasteiger partial charge in [0, 0.05) is 40.6 Å². The number of fused-ring (bicyclic) bond motifs is 3. The van der Waals surface area contributed by atoms with Crippen LogP contribution in [0.4, 0.5) is 4.39 Å². The van der Waals surface area contributed by atoms with Gasteiger partial charge in [-0.05, 0) is 47.0 Å². The van der Waals surface area contributed by atoms with Crippen molar-refractivity contribution in [1.82, 2.24) is 19.7 Å². The number of benzene rings is 2. The summed E-state index contributed by atoms with van der Waals surface area (Å²) in [7, 11) is 0. The number of halogens is 3. The Morgan fingerprint density at radius 3 is 2.50 bits per heavy atom. The second kappa shape index (κ2) is 7.54. The molecule has 0 saturated carbocycles. The van der Waals surface area contributed by atoms with Crippen molar-refractivity contribution in [2.75, 3.05) is 0 Å². The second-order valence-corrected chi connectivity index (χ2v) is 8.40. The minimum absolute atomic E-state index is 0.0449. The monoisotopic (exact) mass is 442 g/mol. The number of H-pyrrole nitrogens is 1. The van der Waals surface area contributed by atoms with Crippen molar-refractivity contribution in [3.8, 4) is 0 Å². The summed E-state index contributed by atoms with van der Waals surface area (Å²) < 4.78 is 15.4. The zero-order chi connectivity index (χ0) is 20.8. The molecule has 0 atom stereocenters. The van der Waals surface area contributed by atoms with Crippen LogP contribution in [0.1, 0.15) is 22.3 Å². The van der Waals surface area contributed by atoms with E-state index in [1.165, 1.54) is 12.1 Å². The highest BCUT2D eigenvalue weighted by atomic mass is 35.5. The lowest BCUT2D eigenvalue weighted by Crippen LogP contribution is -2.26. The number of rotatable bonds is 4. The first kappa shape index (κ1) is 19.3. The fourth-order valence-corrected chi connectivity index (χ4v) is 4.47. The van der Waals surface area contributed by atoms with Crippen molar-refractivity contribution in [2.45, 2.75) is 26.2 Å². The van der Waals surface area contributed by atoms with Crippen LogP contribution in [0, 0.1) is 5.82 Å². The third kappa shape index (κ3) is 3.51. The fourth-order valence-electron chi connectivity index (χ4n) is 4.10. The first-order valence-electron chi connectivity index (χ1n) is 9.47. The SMILES string of the molecule is O=c1c2c(c3cn[nH]c3n1Cc1ccc(Cl)cc1)CN(Cc1cc(F)cc(Cl)c1)C2. The molecule has 0 aliphatic carbocycles. The Bertz CT molecular complexity index is 1290. The van der Waals surface area contributed by atoms with Crippen molar-refractivity contribution >= 4 is 34.2 Å². The average Bonchev–Trinajstić information content (AvgIpc) is 3.33. The van der Waals surface area contributed by atoms with E-state index in [1.54, 1.807) is 16.8 Å². The standard InChI is InChI=1S/C22H17Cl2FN4O/c23-15-3-1-13(2-4-15)10-29-21-18(8-26-27-21)19-11-28(12-20(19)22(29)30)9-14-5-16(24)7-17(25)6-14/h1-8H,9-12H2,(H,26,27). The van der Waals surface area contributed by atoms with Crippen LogP contribution in [-0.2, 0) is 26.2 Å². The highest BCUT2D eigenvalue weighted by molar-refractivity contribution is 6.30. The number of nitrogens with one attached hydrogen (secondary N) is 1.